The van der Waals surface area contributed by atoms with Gasteiger partial charge >= 0.3 is 0 Å². The Bertz CT molecular complexity index is 1390. The van der Waals surface area contributed by atoms with Crippen LogP contribution in [0.3, 0.4) is 0 Å². The minimum atomic E-state index is -0.719. The van der Waals surface area contributed by atoms with E-state index < -0.39 is 17.7 Å². The Kier molecular flexibility index (Phi) is 7.91. The van der Waals surface area contributed by atoms with E-state index in [4.69, 9.17) is 4.74 Å². The molecule has 0 aliphatic carbocycles. The van der Waals surface area contributed by atoms with Crippen LogP contribution in [0.2, 0.25) is 0 Å². The first-order chi connectivity index (χ1) is 18.2. The molecule has 1 amide bonds. The van der Waals surface area contributed by atoms with Crippen LogP contribution in [0.1, 0.15) is 53.3 Å². The highest BCUT2D eigenvalue weighted by molar-refractivity contribution is 6.46. The average molecular weight is 513 g/mol. The van der Waals surface area contributed by atoms with E-state index >= 15 is 0 Å². The number of aryl methyl sites for hydroxylation is 3. The van der Waals surface area contributed by atoms with Crippen molar-refractivity contribution in [2.45, 2.75) is 47.2 Å². The monoisotopic (exact) mass is 512 g/mol. The molecule has 0 spiro atoms. The topological polar surface area (TPSA) is 70.1 Å². The van der Waals surface area contributed by atoms with Crippen LogP contribution in [-0.2, 0) is 16.1 Å². The summed E-state index contributed by atoms with van der Waals surface area (Å²) in [5.74, 6) is -0.801. The van der Waals surface area contributed by atoms with Gasteiger partial charge in [0.05, 0.1) is 18.7 Å². The molecule has 1 fully saturated rings. The van der Waals surface area contributed by atoms with Crippen molar-refractivity contribution in [2.24, 2.45) is 0 Å². The van der Waals surface area contributed by atoms with Crippen LogP contribution in [0.4, 0.5) is 5.69 Å². The Morgan fingerprint density at radius 1 is 0.921 bits per heavy atom. The number of likely N-dealkylation sites (tertiary alicyclic amines) is 1. The zero-order valence-corrected chi connectivity index (χ0v) is 23.0. The highest BCUT2D eigenvalue weighted by atomic mass is 16.5. The smallest absolute Gasteiger partial charge is 0.295 e. The highest BCUT2D eigenvalue weighted by Gasteiger charge is 2.46. The fourth-order valence-electron chi connectivity index (χ4n) is 5.18. The van der Waals surface area contributed by atoms with Gasteiger partial charge in [-0.1, -0.05) is 35.9 Å². The summed E-state index contributed by atoms with van der Waals surface area (Å²) in [5.41, 5.74) is 6.32. The van der Waals surface area contributed by atoms with Crippen molar-refractivity contribution in [1.82, 2.24) is 4.90 Å². The normalized spacial score (nSPS) is 16.7. The molecule has 6 nitrogen and oxygen atoms in total. The number of aliphatic hydroxyl groups excluding tert-OH is 1. The molecule has 1 saturated heterocycles. The number of amides is 1. The molecule has 0 aromatic heterocycles. The van der Waals surface area contributed by atoms with Gasteiger partial charge in [-0.05, 0) is 87.2 Å². The number of anilines is 1. The van der Waals surface area contributed by atoms with Crippen LogP contribution in [0.5, 0.6) is 5.75 Å². The van der Waals surface area contributed by atoms with Crippen molar-refractivity contribution < 1.29 is 19.4 Å². The number of ether oxygens (including phenoxy) is 1. The summed E-state index contributed by atoms with van der Waals surface area (Å²) in [6, 6.07) is 18.5. The van der Waals surface area contributed by atoms with Gasteiger partial charge in [0.2, 0.25) is 0 Å². The van der Waals surface area contributed by atoms with E-state index in [1.165, 1.54) is 0 Å². The third kappa shape index (κ3) is 5.03. The fourth-order valence-corrected chi connectivity index (χ4v) is 5.18. The van der Waals surface area contributed by atoms with Crippen molar-refractivity contribution in [3.8, 4) is 5.75 Å². The number of hydrogen-bond acceptors (Lipinski definition) is 5. The average Bonchev–Trinajstić information content (AvgIpc) is 3.16. The summed E-state index contributed by atoms with van der Waals surface area (Å²) in [5, 5.41) is 11.5. The molecular weight excluding hydrogens is 476 g/mol. The maximum atomic E-state index is 13.5. The number of Topliss-reactive ketones (excluding diaryl/α,β-unsaturated/α-hetero) is 1. The van der Waals surface area contributed by atoms with Crippen LogP contribution in [0.15, 0.2) is 66.2 Å². The number of ketones is 1. The van der Waals surface area contributed by atoms with Gasteiger partial charge in [0.1, 0.15) is 11.5 Å². The van der Waals surface area contributed by atoms with Gasteiger partial charge < -0.3 is 19.6 Å². The predicted octanol–water partition coefficient (Wildman–Crippen LogP) is 6.09. The van der Waals surface area contributed by atoms with Crippen LogP contribution < -0.4 is 9.64 Å². The van der Waals surface area contributed by atoms with E-state index in [1.54, 1.807) is 30.2 Å². The van der Waals surface area contributed by atoms with Crippen LogP contribution in [-0.4, -0.2) is 41.9 Å². The molecule has 6 heteroatoms. The fraction of sp³-hybridized carbons (Fsp3) is 0.312. The number of hydrogen-bond donors (Lipinski definition) is 1. The van der Waals surface area contributed by atoms with Gasteiger partial charge in [-0.15, -0.1) is 0 Å². The lowest BCUT2D eigenvalue weighted by Crippen LogP contribution is -2.29. The Labute approximate surface area is 225 Å². The SMILES string of the molecule is CCN(CC)c1ccc(C2/C(=C(/O)c3ccc(OC)c(C)c3)C(=O)C(=O)N2Cc2cc(C)ccc2C)cc1. The Balaban J connectivity index is 1.86. The van der Waals surface area contributed by atoms with E-state index in [-0.39, 0.29) is 17.9 Å². The molecule has 1 unspecified atom stereocenters. The molecule has 38 heavy (non-hydrogen) atoms. The van der Waals surface area contributed by atoms with Crippen molar-refractivity contribution in [2.75, 3.05) is 25.1 Å². The van der Waals surface area contributed by atoms with Gasteiger partial charge in [-0.3, -0.25) is 9.59 Å². The number of rotatable bonds is 8. The zero-order chi connectivity index (χ0) is 27.6. The van der Waals surface area contributed by atoms with E-state index in [0.717, 1.165) is 46.6 Å². The predicted molar refractivity (Wildman–Crippen MR) is 151 cm³/mol. The first-order valence-electron chi connectivity index (χ1n) is 13.0. The maximum Gasteiger partial charge on any atom is 0.295 e. The van der Waals surface area contributed by atoms with E-state index in [0.29, 0.717) is 11.3 Å². The molecule has 198 valence electrons. The second-order valence-corrected chi connectivity index (χ2v) is 9.81. The maximum absolute atomic E-state index is 13.5. The summed E-state index contributed by atoms with van der Waals surface area (Å²) in [6.07, 6.45) is 0. The molecule has 0 radical (unpaired) electrons. The van der Waals surface area contributed by atoms with Crippen molar-refractivity contribution in [1.29, 1.82) is 0 Å². The lowest BCUT2D eigenvalue weighted by Gasteiger charge is -2.27. The summed E-state index contributed by atoms with van der Waals surface area (Å²) in [6.45, 7) is 12.1. The van der Waals surface area contributed by atoms with Gasteiger partial charge in [0, 0.05) is 30.9 Å². The minimum Gasteiger partial charge on any atom is -0.507 e. The molecule has 0 saturated carbocycles. The van der Waals surface area contributed by atoms with Crippen molar-refractivity contribution in [3.05, 3.63) is 99.6 Å². The minimum absolute atomic E-state index is 0.0977. The Morgan fingerprint density at radius 3 is 2.21 bits per heavy atom. The third-order valence-electron chi connectivity index (χ3n) is 7.39. The number of carbonyl (C=O) groups excluding carboxylic acids is 2. The molecule has 1 aliphatic rings. The Morgan fingerprint density at radius 2 is 1.61 bits per heavy atom. The van der Waals surface area contributed by atoms with Crippen LogP contribution >= 0.6 is 0 Å². The second-order valence-electron chi connectivity index (χ2n) is 9.81. The van der Waals surface area contributed by atoms with Gasteiger partial charge in [0.15, 0.2) is 0 Å². The third-order valence-corrected chi connectivity index (χ3v) is 7.39. The zero-order valence-electron chi connectivity index (χ0n) is 23.0. The largest absolute Gasteiger partial charge is 0.507 e. The lowest BCUT2D eigenvalue weighted by atomic mass is 9.94. The molecule has 0 bridgehead atoms. The molecule has 3 aromatic carbocycles. The Hall–Kier alpha value is -4.06. The van der Waals surface area contributed by atoms with Gasteiger partial charge in [-0.2, -0.15) is 0 Å². The van der Waals surface area contributed by atoms with Crippen LogP contribution in [0, 0.1) is 20.8 Å². The second kappa shape index (κ2) is 11.1. The standard InChI is InChI=1S/C32H36N2O4/c1-7-33(8-2)26-14-11-23(12-15-26)29-28(30(35)24-13-16-27(38-6)22(5)18-24)31(36)32(37)34(29)19-25-17-20(3)9-10-21(25)4/h9-18,29,35H,7-8,19H2,1-6H3/b30-28-. The number of benzene rings is 3. The summed E-state index contributed by atoms with van der Waals surface area (Å²) < 4.78 is 5.36. The first kappa shape index (κ1) is 27.0. The molecule has 1 aliphatic heterocycles. The van der Waals surface area contributed by atoms with E-state index in [2.05, 4.69) is 18.7 Å². The van der Waals surface area contributed by atoms with Gasteiger partial charge in [-0.25, -0.2) is 0 Å². The van der Waals surface area contributed by atoms with Gasteiger partial charge in [0.25, 0.3) is 11.7 Å². The molecule has 3 aromatic rings. The summed E-state index contributed by atoms with van der Waals surface area (Å²) in [7, 11) is 1.59. The number of aliphatic hydroxyl groups is 1. The van der Waals surface area contributed by atoms with Crippen molar-refractivity contribution in [3.63, 3.8) is 0 Å². The quantitative estimate of drug-likeness (QED) is 0.225. The molecule has 4 rings (SSSR count). The number of carbonyl (C=O) groups is 2. The molecular formula is C32H36N2O4. The first-order valence-corrected chi connectivity index (χ1v) is 13.0. The summed E-state index contributed by atoms with van der Waals surface area (Å²) >= 11 is 0. The lowest BCUT2D eigenvalue weighted by molar-refractivity contribution is -0.140. The number of methoxy groups -OCH3 is 1. The molecule has 1 heterocycles. The van der Waals surface area contributed by atoms with Crippen LogP contribution in [0.25, 0.3) is 5.76 Å². The summed E-state index contributed by atoms with van der Waals surface area (Å²) in [4.78, 5) is 30.8. The number of nitrogens with zero attached hydrogens (tertiary/aromatic N) is 2. The molecule has 1 N–H and O–H groups in total. The van der Waals surface area contributed by atoms with E-state index in [9.17, 15) is 14.7 Å². The molecule has 1 atom stereocenters. The highest BCUT2D eigenvalue weighted by Crippen LogP contribution is 2.41. The van der Waals surface area contributed by atoms with Crippen molar-refractivity contribution >= 4 is 23.1 Å². The van der Waals surface area contributed by atoms with E-state index in [1.807, 2.05) is 63.2 Å².